The van der Waals surface area contributed by atoms with Crippen LogP contribution in [0.3, 0.4) is 0 Å². The first kappa shape index (κ1) is 18.4. The molecule has 1 aliphatic rings. The molecule has 1 aliphatic heterocycles. The van der Waals surface area contributed by atoms with Gasteiger partial charge < -0.3 is 14.6 Å². The fourth-order valence-electron chi connectivity index (χ4n) is 3.14. The third kappa shape index (κ3) is 4.23. The first-order valence-corrected chi connectivity index (χ1v) is 8.78. The lowest BCUT2D eigenvalue weighted by Crippen LogP contribution is -2.39. The molecule has 0 spiro atoms. The van der Waals surface area contributed by atoms with Gasteiger partial charge in [-0.1, -0.05) is 12.1 Å². The van der Waals surface area contributed by atoms with E-state index in [4.69, 9.17) is 4.74 Å². The van der Waals surface area contributed by atoms with E-state index in [1.54, 1.807) is 11.1 Å². The van der Waals surface area contributed by atoms with Crippen LogP contribution in [0.15, 0.2) is 30.5 Å². The molecule has 1 aromatic carbocycles. The topological polar surface area (TPSA) is 45.3 Å². The molecule has 0 fully saturated rings. The number of nitrogens with one attached hydrogen (secondary N) is 1. The van der Waals surface area contributed by atoms with E-state index in [-0.39, 0.29) is 12.5 Å². The molecular formula is C20H24F2N2O2. The molecule has 2 aromatic rings. The SMILES string of the molecule is CC(C)(C)OC(=O)N1CC=C(c2ccc3[nH]cc(CC(F)F)c3c2)CC1. The predicted molar refractivity (Wildman–Crippen MR) is 98.4 cm³/mol. The maximum Gasteiger partial charge on any atom is 0.410 e. The minimum absolute atomic E-state index is 0.255. The summed E-state index contributed by atoms with van der Waals surface area (Å²) in [5, 5.41) is 0.832. The minimum Gasteiger partial charge on any atom is -0.444 e. The summed E-state index contributed by atoms with van der Waals surface area (Å²) in [6.45, 7) is 6.60. The third-order valence-corrected chi connectivity index (χ3v) is 4.37. The molecule has 3 rings (SSSR count). The molecule has 140 valence electrons. The quantitative estimate of drug-likeness (QED) is 0.835. The Morgan fingerprint density at radius 3 is 2.73 bits per heavy atom. The Hall–Kier alpha value is -2.37. The standard InChI is InChI=1S/C20H24F2N2O2/c1-20(2,3)26-19(25)24-8-6-13(7-9-24)14-4-5-17-16(10-14)15(12-23-17)11-18(21)22/h4-6,10,12,18,23H,7-9,11H2,1-3H3. The highest BCUT2D eigenvalue weighted by Crippen LogP contribution is 2.28. The molecule has 0 aliphatic carbocycles. The molecule has 0 unspecified atom stereocenters. The average Bonchev–Trinajstić information content (AvgIpc) is 2.95. The smallest absolute Gasteiger partial charge is 0.410 e. The average molecular weight is 362 g/mol. The van der Waals surface area contributed by atoms with Gasteiger partial charge >= 0.3 is 6.09 Å². The first-order valence-electron chi connectivity index (χ1n) is 8.78. The van der Waals surface area contributed by atoms with E-state index in [1.807, 2.05) is 45.0 Å². The second-order valence-corrected chi connectivity index (χ2v) is 7.58. The number of aromatic amines is 1. The highest BCUT2D eigenvalue weighted by molar-refractivity contribution is 5.87. The second kappa shape index (κ2) is 7.09. The molecule has 0 atom stereocenters. The molecule has 6 heteroatoms. The van der Waals surface area contributed by atoms with Crippen LogP contribution in [0.2, 0.25) is 0 Å². The van der Waals surface area contributed by atoms with Gasteiger partial charge in [0.15, 0.2) is 0 Å². The van der Waals surface area contributed by atoms with Crippen LogP contribution in [0.4, 0.5) is 13.6 Å². The van der Waals surface area contributed by atoms with Crippen molar-refractivity contribution < 1.29 is 18.3 Å². The summed E-state index contributed by atoms with van der Waals surface area (Å²) < 4.78 is 30.9. The molecule has 2 heterocycles. The van der Waals surface area contributed by atoms with Crippen LogP contribution in [0.25, 0.3) is 16.5 Å². The number of benzene rings is 1. The van der Waals surface area contributed by atoms with Crippen LogP contribution in [-0.4, -0.2) is 41.1 Å². The van der Waals surface area contributed by atoms with E-state index in [0.717, 1.165) is 22.0 Å². The number of ether oxygens (including phenoxy) is 1. The highest BCUT2D eigenvalue weighted by Gasteiger charge is 2.24. The highest BCUT2D eigenvalue weighted by atomic mass is 19.3. The Labute approximate surface area is 151 Å². The Bertz CT molecular complexity index is 834. The summed E-state index contributed by atoms with van der Waals surface area (Å²) in [7, 11) is 0. The predicted octanol–water partition coefficient (Wildman–Crippen LogP) is 5.00. The zero-order valence-corrected chi connectivity index (χ0v) is 15.3. The van der Waals surface area contributed by atoms with E-state index in [1.165, 1.54) is 0 Å². The number of carbonyl (C=O) groups excluding carboxylic acids is 1. The van der Waals surface area contributed by atoms with Gasteiger partial charge in [0, 0.05) is 36.6 Å². The van der Waals surface area contributed by atoms with Crippen molar-refractivity contribution in [1.82, 2.24) is 9.88 Å². The van der Waals surface area contributed by atoms with Crippen molar-refractivity contribution in [2.24, 2.45) is 0 Å². The van der Waals surface area contributed by atoms with Gasteiger partial charge in [-0.15, -0.1) is 0 Å². The van der Waals surface area contributed by atoms with E-state index in [0.29, 0.717) is 25.1 Å². The van der Waals surface area contributed by atoms with Gasteiger partial charge in [0.05, 0.1) is 0 Å². The van der Waals surface area contributed by atoms with Crippen molar-refractivity contribution in [3.8, 4) is 0 Å². The molecular weight excluding hydrogens is 338 g/mol. The number of amides is 1. The van der Waals surface area contributed by atoms with Crippen molar-refractivity contribution in [2.45, 2.75) is 45.6 Å². The summed E-state index contributed by atoms with van der Waals surface area (Å²) in [4.78, 5) is 16.9. The zero-order valence-electron chi connectivity index (χ0n) is 15.3. The number of carbonyl (C=O) groups is 1. The first-order chi connectivity index (χ1) is 12.2. The summed E-state index contributed by atoms with van der Waals surface area (Å²) in [6, 6.07) is 5.86. The Kier molecular flexibility index (Phi) is 5.03. The molecule has 1 N–H and O–H groups in total. The Morgan fingerprint density at radius 1 is 1.35 bits per heavy atom. The Balaban J connectivity index is 1.77. The molecule has 0 saturated carbocycles. The summed E-state index contributed by atoms with van der Waals surface area (Å²) in [6.07, 6.45) is 1.43. The van der Waals surface area contributed by atoms with Gasteiger partial charge in [-0.05, 0) is 56.0 Å². The summed E-state index contributed by atoms with van der Waals surface area (Å²) >= 11 is 0. The molecule has 1 aromatic heterocycles. The van der Waals surface area contributed by atoms with Crippen LogP contribution in [-0.2, 0) is 11.2 Å². The second-order valence-electron chi connectivity index (χ2n) is 7.58. The molecule has 4 nitrogen and oxygen atoms in total. The molecule has 0 bridgehead atoms. The lowest BCUT2D eigenvalue weighted by molar-refractivity contribution is 0.0270. The van der Waals surface area contributed by atoms with Crippen LogP contribution >= 0.6 is 0 Å². The van der Waals surface area contributed by atoms with Gasteiger partial charge in [0.2, 0.25) is 6.43 Å². The van der Waals surface area contributed by atoms with Gasteiger partial charge in [-0.2, -0.15) is 0 Å². The number of nitrogens with zero attached hydrogens (tertiary/aromatic N) is 1. The summed E-state index contributed by atoms with van der Waals surface area (Å²) in [5.41, 5.74) is 3.11. The monoisotopic (exact) mass is 362 g/mol. The Morgan fingerprint density at radius 2 is 2.12 bits per heavy atom. The van der Waals surface area contributed by atoms with Gasteiger partial charge in [-0.25, -0.2) is 13.6 Å². The fourth-order valence-corrected chi connectivity index (χ4v) is 3.14. The molecule has 26 heavy (non-hydrogen) atoms. The number of aromatic nitrogens is 1. The third-order valence-electron chi connectivity index (χ3n) is 4.37. The minimum atomic E-state index is -2.37. The van der Waals surface area contributed by atoms with Crippen molar-refractivity contribution in [1.29, 1.82) is 0 Å². The number of hydrogen-bond acceptors (Lipinski definition) is 2. The maximum atomic E-state index is 12.7. The van der Waals surface area contributed by atoms with Crippen molar-refractivity contribution in [3.63, 3.8) is 0 Å². The molecule has 1 amide bonds. The van der Waals surface area contributed by atoms with E-state index in [9.17, 15) is 13.6 Å². The van der Waals surface area contributed by atoms with Crippen LogP contribution in [0.1, 0.15) is 38.3 Å². The van der Waals surface area contributed by atoms with Crippen molar-refractivity contribution >= 4 is 22.6 Å². The van der Waals surface area contributed by atoms with E-state index < -0.39 is 12.0 Å². The van der Waals surface area contributed by atoms with E-state index >= 15 is 0 Å². The number of halogens is 2. The van der Waals surface area contributed by atoms with Gasteiger partial charge in [0.25, 0.3) is 0 Å². The largest absolute Gasteiger partial charge is 0.444 e. The normalized spacial score (nSPS) is 15.5. The summed E-state index contributed by atoms with van der Waals surface area (Å²) in [5.74, 6) is 0. The van der Waals surface area contributed by atoms with Crippen LogP contribution in [0, 0.1) is 0 Å². The number of H-pyrrole nitrogens is 1. The van der Waals surface area contributed by atoms with Gasteiger partial charge in [0.1, 0.15) is 5.60 Å². The fraction of sp³-hybridized carbons (Fsp3) is 0.450. The van der Waals surface area contributed by atoms with Gasteiger partial charge in [-0.3, -0.25) is 0 Å². The van der Waals surface area contributed by atoms with Crippen molar-refractivity contribution in [3.05, 3.63) is 41.6 Å². The molecule has 0 radical (unpaired) electrons. The maximum absolute atomic E-state index is 12.7. The number of rotatable bonds is 3. The lowest BCUT2D eigenvalue weighted by Gasteiger charge is -2.29. The number of hydrogen-bond donors (Lipinski definition) is 1. The van der Waals surface area contributed by atoms with Crippen LogP contribution < -0.4 is 0 Å². The molecule has 0 saturated heterocycles. The van der Waals surface area contributed by atoms with E-state index in [2.05, 4.69) is 4.98 Å². The zero-order chi connectivity index (χ0) is 18.9. The van der Waals surface area contributed by atoms with Crippen molar-refractivity contribution in [2.75, 3.05) is 13.1 Å². The van der Waals surface area contributed by atoms with Crippen LogP contribution in [0.5, 0.6) is 0 Å². The number of alkyl halides is 2. The lowest BCUT2D eigenvalue weighted by atomic mass is 9.97. The number of fused-ring (bicyclic) bond motifs is 1.